The van der Waals surface area contributed by atoms with Crippen LogP contribution < -0.4 is 9.62 Å². The lowest BCUT2D eigenvalue weighted by atomic mass is 9.92. The fourth-order valence-electron chi connectivity index (χ4n) is 4.48. The van der Waals surface area contributed by atoms with Crippen LogP contribution in [-0.2, 0) is 22.9 Å². The first-order chi connectivity index (χ1) is 16.0. The molecule has 1 saturated heterocycles. The van der Waals surface area contributed by atoms with Gasteiger partial charge in [-0.2, -0.15) is 0 Å². The van der Waals surface area contributed by atoms with Gasteiger partial charge in [-0.1, -0.05) is 18.2 Å². The second kappa shape index (κ2) is 9.11. The average molecular weight is 464 g/mol. The topological polar surface area (TPSA) is 78.4 Å². The Balaban J connectivity index is 1.27. The Morgan fingerprint density at radius 3 is 2.24 bits per heavy atom. The maximum Gasteiger partial charge on any atom is 0.261 e. The number of nitrogens with zero attached hydrogens (tertiary/aromatic N) is 4. The van der Waals surface area contributed by atoms with Crippen molar-refractivity contribution in [3.8, 4) is 11.3 Å². The van der Waals surface area contributed by atoms with E-state index in [0.717, 1.165) is 68.1 Å². The largest absolute Gasteiger partial charge is 0.353 e. The number of fused-ring (bicyclic) bond motifs is 1. The summed E-state index contributed by atoms with van der Waals surface area (Å²) in [6.07, 6.45) is 4.27. The molecule has 1 aliphatic heterocycles. The van der Waals surface area contributed by atoms with Gasteiger partial charge < -0.3 is 9.80 Å². The van der Waals surface area contributed by atoms with Crippen LogP contribution in [0.1, 0.15) is 24.0 Å². The van der Waals surface area contributed by atoms with Gasteiger partial charge in [-0.25, -0.2) is 8.42 Å². The summed E-state index contributed by atoms with van der Waals surface area (Å²) in [5, 5.41) is 8.80. The third-order valence-electron chi connectivity index (χ3n) is 6.54. The lowest BCUT2D eigenvalue weighted by molar-refractivity contribution is 0.312. The van der Waals surface area contributed by atoms with Crippen LogP contribution in [0.5, 0.6) is 0 Å². The fraction of sp³-hybridized carbons (Fsp3) is 0.360. The third kappa shape index (κ3) is 4.86. The molecule has 0 atom stereocenters. The van der Waals surface area contributed by atoms with Crippen molar-refractivity contribution in [1.29, 1.82) is 0 Å². The number of piperazine rings is 1. The highest BCUT2D eigenvalue weighted by Crippen LogP contribution is 2.26. The van der Waals surface area contributed by atoms with Gasteiger partial charge in [0.25, 0.3) is 10.0 Å². The molecular formula is C25H29N5O2S. The van der Waals surface area contributed by atoms with Crippen molar-refractivity contribution in [2.75, 3.05) is 42.8 Å². The number of aromatic nitrogens is 2. The second-order valence-corrected chi connectivity index (χ2v) is 10.6. The lowest BCUT2D eigenvalue weighted by Gasteiger charge is -2.32. The second-order valence-electron chi connectivity index (χ2n) is 8.89. The van der Waals surface area contributed by atoms with Gasteiger partial charge in [-0.05, 0) is 80.3 Å². The van der Waals surface area contributed by atoms with Crippen molar-refractivity contribution in [3.05, 3.63) is 65.7 Å². The molecule has 1 fully saturated rings. The summed E-state index contributed by atoms with van der Waals surface area (Å²) >= 11 is 0. The molecule has 7 nitrogen and oxygen atoms in total. The van der Waals surface area contributed by atoms with Crippen molar-refractivity contribution in [2.45, 2.75) is 30.6 Å². The van der Waals surface area contributed by atoms with Gasteiger partial charge in [0.05, 0.1) is 10.6 Å². The number of likely N-dealkylation sites (N-methyl/N-ethyl adjacent to an activating group) is 1. The minimum Gasteiger partial charge on any atom is -0.353 e. The maximum atomic E-state index is 12.9. The molecule has 1 aromatic heterocycles. The molecule has 0 amide bonds. The lowest BCUT2D eigenvalue weighted by Crippen LogP contribution is -2.44. The highest BCUT2D eigenvalue weighted by Gasteiger charge is 2.18. The predicted octanol–water partition coefficient (Wildman–Crippen LogP) is 3.58. The van der Waals surface area contributed by atoms with E-state index >= 15 is 0 Å². The van der Waals surface area contributed by atoms with E-state index in [4.69, 9.17) is 0 Å². The summed E-state index contributed by atoms with van der Waals surface area (Å²) < 4.78 is 28.5. The summed E-state index contributed by atoms with van der Waals surface area (Å²) in [4.78, 5) is 4.87. The molecule has 0 saturated carbocycles. The number of aryl methyl sites for hydroxylation is 2. The van der Waals surface area contributed by atoms with E-state index in [1.807, 2.05) is 36.4 Å². The molecule has 33 heavy (non-hydrogen) atoms. The molecule has 3 aromatic rings. The van der Waals surface area contributed by atoms with E-state index in [1.54, 1.807) is 18.2 Å². The number of rotatable bonds is 5. The van der Waals surface area contributed by atoms with Crippen LogP contribution in [0.4, 0.5) is 11.5 Å². The molecule has 0 spiro atoms. The number of anilines is 2. The van der Waals surface area contributed by atoms with Crippen LogP contribution >= 0.6 is 0 Å². The molecule has 0 radical (unpaired) electrons. The van der Waals surface area contributed by atoms with Crippen LogP contribution in [0.15, 0.2) is 59.5 Å². The van der Waals surface area contributed by atoms with E-state index in [1.165, 1.54) is 12.0 Å². The minimum absolute atomic E-state index is 0.317. The number of sulfonamides is 1. The van der Waals surface area contributed by atoms with E-state index in [2.05, 4.69) is 31.8 Å². The molecule has 0 bridgehead atoms. The van der Waals surface area contributed by atoms with E-state index in [9.17, 15) is 8.42 Å². The highest BCUT2D eigenvalue weighted by molar-refractivity contribution is 7.92. The molecule has 1 aliphatic carbocycles. The summed E-state index contributed by atoms with van der Waals surface area (Å²) in [6.45, 7) is 3.94. The molecular weight excluding hydrogens is 434 g/mol. The predicted molar refractivity (Wildman–Crippen MR) is 131 cm³/mol. The van der Waals surface area contributed by atoms with Crippen LogP contribution in [0.25, 0.3) is 11.3 Å². The van der Waals surface area contributed by atoms with Gasteiger partial charge >= 0.3 is 0 Å². The SMILES string of the molecule is CN1CCN(c2ccc(-c3ccc(NS(=O)(=O)c4ccc5c(c4)CCCC5)cc3)nn2)CC1. The van der Waals surface area contributed by atoms with E-state index < -0.39 is 10.0 Å². The standard InChI is InChI=1S/C25H29N5O2S/c1-29-14-16-30(17-15-29)25-13-12-24(26-27-25)20-6-9-22(10-7-20)28-33(31,32)23-11-8-19-4-2-3-5-21(19)18-23/h6-13,18,28H,2-5,14-17H2,1H3. The monoisotopic (exact) mass is 463 g/mol. The zero-order valence-electron chi connectivity index (χ0n) is 18.9. The average Bonchev–Trinajstić information content (AvgIpc) is 2.85. The van der Waals surface area contributed by atoms with Crippen LogP contribution in [-0.4, -0.2) is 56.7 Å². The van der Waals surface area contributed by atoms with Crippen molar-refractivity contribution in [3.63, 3.8) is 0 Å². The molecule has 2 aromatic carbocycles. The van der Waals surface area contributed by atoms with Gasteiger partial charge in [0.15, 0.2) is 5.82 Å². The van der Waals surface area contributed by atoms with E-state index in [-0.39, 0.29) is 0 Å². The molecule has 5 rings (SSSR count). The number of nitrogens with one attached hydrogen (secondary N) is 1. The molecule has 8 heteroatoms. The smallest absolute Gasteiger partial charge is 0.261 e. The zero-order valence-corrected chi connectivity index (χ0v) is 19.7. The molecule has 2 aliphatic rings. The summed E-state index contributed by atoms with van der Waals surface area (Å²) in [6, 6.07) is 16.7. The number of hydrogen-bond donors (Lipinski definition) is 1. The quantitative estimate of drug-likeness (QED) is 0.623. The number of hydrogen-bond acceptors (Lipinski definition) is 6. The summed E-state index contributed by atoms with van der Waals surface area (Å²) in [5.74, 6) is 0.890. The summed E-state index contributed by atoms with van der Waals surface area (Å²) in [7, 11) is -1.51. The number of benzene rings is 2. The Bertz CT molecular complexity index is 1220. The van der Waals surface area contributed by atoms with Gasteiger partial charge in [0.1, 0.15) is 0 Å². The van der Waals surface area contributed by atoms with E-state index in [0.29, 0.717) is 10.6 Å². The molecule has 1 N–H and O–H groups in total. The van der Waals surface area contributed by atoms with Crippen molar-refractivity contribution in [1.82, 2.24) is 15.1 Å². The molecule has 172 valence electrons. The molecule has 0 unspecified atom stereocenters. The van der Waals surface area contributed by atoms with Crippen molar-refractivity contribution >= 4 is 21.5 Å². The first-order valence-electron chi connectivity index (χ1n) is 11.5. The first-order valence-corrected chi connectivity index (χ1v) is 13.0. The first kappa shape index (κ1) is 21.9. The Kier molecular flexibility index (Phi) is 6.03. The fourth-order valence-corrected chi connectivity index (χ4v) is 5.59. The Morgan fingerprint density at radius 1 is 0.818 bits per heavy atom. The van der Waals surface area contributed by atoms with Crippen LogP contribution in [0.2, 0.25) is 0 Å². The van der Waals surface area contributed by atoms with Gasteiger partial charge in [-0.15, -0.1) is 10.2 Å². The summed E-state index contributed by atoms with van der Waals surface area (Å²) in [5.41, 5.74) is 4.60. The zero-order chi connectivity index (χ0) is 22.8. The van der Waals surface area contributed by atoms with Crippen LogP contribution in [0.3, 0.4) is 0 Å². The minimum atomic E-state index is -3.63. The maximum absolute atomic E-state index is 12.9. The van der Waals surface area contributed by atoms with Crippen LogP contribution in [0, 0.1) is 0 Å². The van der Waals surface area contributed by atoms with Crippen molar-refractivity contribution in [2.24, 2.45) is 0 Å². The molecule has 2 heterocycles. The van der Waals surface area contributed by atoms with Crippen molar-refractivity contribution < 1.29 is 8.42 Å². The highest BCUT2D eigenvalue weighted by atomic mass is 32.2. The Labute approximate surface area is 195 Å². The normalized spacial score (nSPS) is 16.9. The van der Waals surface area contributed by atoms with Gasteiger partial charge in [-0.3, -0.25) is 4.72 Å². The Morgan fingerprint density at radius 2 is 1.55 bits per heavy atom. The van der Waals surface area contributed by atoms with Gasteiger partial charge in [0.2, 0.25) is 0 Å². The third-order valence-corrected chi connectivity index (χ3v) is 7.92. The Hall–Kier alpha value is -2.97. The van der Waals surface area contributed by atoms with Gasteiger partial charge in [0, 0.05) is 37.4 Å².